The standard InChI is InChI=1S/C20H21FN4/c21-18-3-1-2-17(12-18)20-13-22-8-10-24(20)14-16-4-6-19(7-5-16)25-11-9-23-15-25/h1-7,9,11-12,15,20,22H,8,10,13-14H2. The van der Waals surface area contributed by atoms with Crippen LogP contribution in [-0.4, -0.2) is 34.1 Å². The summed E-state index contributed by atoms with van der Waals surface area (Å²) in [4.78, 5) is 6.50. The monoisotopic (exact) mass is 336 g/mol. The second-order valence-corrected chi connectivity index (χ2v) is 6.38. The molecule has 2 aromatic carbocycles. The van der Waals surface area contributed by atoms with Crippen molar-refractivity contribution in [3.05, 3.63) is 84.2 Å². The maximum atomic E-state index is 13.6. The van der Waals surface area contributed by atoms with Crippen LogP contribution in [0.2, 0.25) is 0 Å². The fourth-order valence-electron chi connectivity index (χ4n) is 3.40. The summed E-state index contributed by atoms with van der Waals surface area (Å²) in [6.07, 6.45) is 5.51. The molecule has 0 spiro atoms. The Morgan fingerprint density at radius 2 is 2.04 bits per heavy atom. The van der Waals surface area contributed by atoms with Gasteiger partial charge in [-0.1, -0.05) is 24.3 Å². The number of nitrogens with zero attached hydrogens (tertiary/aromatic N) is 3. The molecular weight excluding hydrogens is 315 g/mol. The van der Waals surface area contributed by atoms with Crippen molar-refractivity contribution in [1.29, 1.82) is 0 Å². The summed E-state index contributed by atoms with van der Waals surface area (Å²) in [6, 6.07) is 15.7. The van der Waals surface area contributed by atoms with Crippen molar-refractivity contribution < 1.29 is 4.39 Å². The number of rotatable bonds is 4. The van der Waals surface area contributed by atoms with Gasteiger partial charge >= 0.3 is 0 Å². The van der Waals surface area contributed by atoms with Crippen LogP contribution in [0.25, 0.3) is 5.69 Å². The van der Waals surface area contributed by atoms with Crippen molar-refractivity contribution >= 4 is 0 Å². The van der Waals surface area contributed by atoms with Crippen LogP contribution in [-0.2, 0) is 6.54 Å². The Labute approximate surface area is 146 Å². The minimum atomic E-state index is -0.173. The smallest absolute Gasteiger partial charge is 0.123 e. The number of hydrogen-bond acceptors (Lipinski definition) is 3. The second kappa shape index (κ2) is 7.17. The SMILES string of the molecule is Fc1cccc(C2CNCCN2Cc2ccc(-n3ccnc3)cc2)c1. The zero-order chi connectivity index (χ0) is 17.1. The molecule has 0 aliphatic carbocycles. The first-order chi connectivity index (χ1) is 12.3. The Balaban J connectivity index is 1.51. The van der Waals surface area contributed by atoms with Crippen LogP contribution >= 0.6 is 0 Å². The Bertz CT molecular complexity index is 814. The number of halogens is 1. The Hall–Kier alpha value is -2.50. The average molecular weight is 336 g/mol. The van der Waals surface area contributed by atoms with Gasteiger partial charge < -0.3 is 9.88 Å². The Morgan fingerprint density at radius 3 is 2.80 bits per heavy atom. The molecule has 128 valence electrons. The average Bonchev–Trinajstić information content (AvgIpc) is 3.18. The number of piperazine rings is 1. The summed E-state index contributed by atoms with van der Waals surface area (Å²) in [7, 11) is 0. The largest absolute Gasteiger partial charge is 0.314 e. The Morgan fingerprint density at radius 1 is 1.16 bits per heavy atom. The van der Waals surface area contributed by atoms with E-state index in [0.29, 0.717) is 0 Å². The van der Waals surface area contributed by atoms with Crippen molar-refractivity contribution in [2.45, 2.75) is 12.6 Å². The number of aromatic nitrogens is 2. The molecule has 1 saturated heterocycles. The number of benzene rings is 2. The van der Waals surface area contributed by atoms with Gasteiger partial charge in [-0.3, -0.25) is 4.90 Å². The van der Waals surface area contributed by atoms with E-state index in [9.17, 15) is 4.39 Å². The van der Waals surface area contributed by atoms with Gasteiger partial charge in [0.25, 0.3) is 0 Å². The highest BCUT2D eigenvalue weighted by molar-refractivity contribution is 5.34. The lowest BCUT2D eigenvalue weighted by atomic mass is 10.0. The van der Waals surface area contributed by atoms with E-state index in [2.05, 4.69) is 39.5 Å². The van der Waals surface area contributed by atoms with Crippen molar-refractivity contribution in [2.24, 2.45) is 0 Å². The van der Waals surface area contributed by atoms with Crippen LogP contribution in [0, 0.1) is 5.82 Å². The van der Waals surface area contributed by atoms with Gasteiger partial charge in [0.1, 0.15) is 5.82 Å². The molecule has 25 heavy (non-hydrogen) atoms. The molecule has 4 nitrogen and oxygen atoms in total. The zero-order valence-electron chi connectivity index (χ0n) is 14.0. The normalized spacial score (nSPS) is 18.4. The number of hydrogen-bond donors (Lipinski definition) is 1. The molecule has 1 aromatic heterocycles. The third-order valence-electron chi connectivity index (χ3n) is 4.71. The molecule has 1 fully saturated rings. The molecule has 0 saturated carbocycles. The number of imidazole rings is 1. The van der Waals surface area contributed by atoms with E-state index in [1.54, 1.807) is 24.7 Å². The Kier molecular flexibility index (Phi) is 4.59. The highest BCUT2D eigenvalue weighted by Crippen LogP contribution is 2.25. The lowest BCUT2D eigenvalue weighted by molar-refractivity contribution is 0.153. The highest BCUT2D eigenvalue weighted by atomic mass is 19.1. The van der Waals surface area contributed by atoms with Crippen molar-refractivity contribution in [3.63, 3.8) is 0 Å². The predicted octanol–water partition coefficient (Wildman–Crippen LogP) is 3.16. The maximum absolute atomic E-state index is 13.6. The minimum Gasteiger partial charge on any atom is -0.314 e. The molecule has 1 aliphatic heterocycles. The highest BCUT2D eigenvalue weighted by Gasteiger charge is 2.24. The first kappa shape index (κ1) is 16.0. The molecule has 4 rings (SSSR count). The van der Waals surface area contributed by atoms with E-state index in [0.717, 1.165) is 37.4 Å². The molecule has 1 atom stereocenters. The first-order valence-corrected chi connectivity index (χ1v) is 8.57. The lowest BCUT2D eigenvalue weighted by Gasteiger charge is -2.36. The quantitative estimate of drug-likeness (QED) is 0.794. The van der Waals surface area contributed by atoms with Gasteiger partial charge in [-0.05, 0) is 35.4 Å². The third kappa shape index (κ3) is 3.62. The van der Waals surface area contributed by atoms with Gasteiger partial charge in [0.05, 0.1) is 6.33 Å². The summed E-state index contributed by atoms with van der Waals surface area (Å²) < 4.78 is 15.6. The maximum Gasteiger partial charge on any atom is 0.123 e. The third-order valence-corrected chi connectivity index (χ3v) is 4.71. The summed E-state index contributed by atoms with van der Waals surface area (Å²) in [5, 5.41) is 3.42. The predicted molar refractivity (Wildman–Crippen MR) is 96.0 cm³/mol. The van der Waals surface area contributed by atoms with Crippen molar-refractivity contribution in [3.8, 4) is 5.69 Å². The second-order valence-electron chi connectivity index (χ2n) is 6.38. The first-order valence-electron chi connectivity index (χ1n) is 8.57. The van der Waals surface area contributed by atoms with Crippen LogP contribution in [0.15, 0.2) is 67.3 Å². The molecule has 0 radical (unpaired) electrons. The van der Waals surface area contributed by atoms with Gasteiger partial charge in [-0.25, -0.2) is 9.37 Å². The van der Waals surface area contributed by atoms with Crippen molar-refractivity contribution in [1.82, 2.24) is 19.8 Å². The topological polar surface area (TPSA) is 33.1 Å². The molecule has 3 aromatic rings. The summed E-state index contributed by atoms with van der Waals surface area (Å²) in [5.41, 5.74) is 3.39. The van der Waals surface area contributed by atoms with E-state index >= 15 is 0 Å². The number of nitrogens with one attached hydrogen (secondary N) is 1. The molecule has 0 amide bonds. The van der Waals surface area contributed by atoms with E-state index in [4.69, 9.17) is 0 Å². The van der Waals surface area contributed by atoms with Gasteiger partial charge in [-0.15, -0.1) is 0 Å². The molecule has 2 heterocycles. The molecular formula is C20H21FN4. The van der Waals surface area contributed by atoms with Crippen LogP contribution in [0.4, 0.5) is 4.39 Å². The van der Waals surface area contributed by atoms with Crippen LogP contribution < -0.4 is 5.32 Å². The lowest BCUT2D eigenvalue weighted by Crippen LogP contribution is -2.45. The molecule has 1 unspecified atom stereocenters. The molecule has 1 N–H and O–H groups in total. The van der Waals surface area contributed by atoms with Crippen LogP contribution in [0.1, 0.15) is 17.2 Å². The van der Waals surface area contributed by atoms with Gasteiger partial charge in [-0.2, -0.15) is 0 Å². The summed E-state index contributed by atoms with van der Waals surface area (Å²) >= 11 is 0. The molecule has 0 bridgehead atoms. The van der Waals surface area contributed by atoms with Crippen LogP contribution in [0.3, 0.4) is 0 Å². The van der Waals surface area contributed by atoms with E-state index in [1.165, 1.54) is 11.6 Å². The fraction of sp³-hybridized carbons (Fsp3) is 0.250. The van der Waals surface area contributed by atoms with E-state index in [1.807, 2.05) is 16.8 Å². The fourth-order valence-corrected chi connectivity index (χ4v) is 3.40. The van der Waals surface area contributed by atoms with E-state index < -0.39 is 0 Å². The van der Waals surface area contributed by atoms with Gasteiger partial charge in [0, 0.05) is 50.3 Å². The summed E-state index contributed by atoms with van der Waals surface area (Å²) in [6.45, 7) is 3.60. The molecule has 1 aliphatic rings. The minimum absolute atomic E-state index is 0.173. The van der Waals surface area contributed by atoms with Crippen LogP contribution in [0.5, 0.6) is 0 Å². The zero-order valence-corrected chi connectivity index (χ0v) is 14.0. The van der Waals surface area contributed by atoms with E-state index in [-0.39, 0.29) is 11.9 Å². The van der Waals surface area contributed by atoms with Crippen molar-refractivity contribution in [2.75, 3.05) is 19.6 Å². The molecule has 5 heteroatoms. The summed E-state index contributed by atoms with van der Waals surface area (Å²) in [5.74, 6) is -0.173. The van der Waals surface area contributed by atoms with Gasteiger partial charge in [0.2, 0.25) is 0 Å². The van der Waals surface area contributed by atoms with Gasteiger partial charge in [0.15, 0.2) is 0 Å².